The predicted octanol–water partition coefficient (Wildman–Crippen LogP) is 3.16. The molecule has 0 bridgehead atoms. The Labute approximate surface area is 132 Å². The average molecular weight is 318 g/mol. The number of para-hydroxylation sites is 2. The van der Waals surface area contributed by atoms with Crippen LogP contribution in [0.3, 0.4) is 0 Å². The molecule has 0 aliphatic heterocycles. The summed E-state index contributed by atoms with van der Waals surface area (Å²) in [5, 5.41) is -1.04. The van der Waals surface area contributed by atoms with Gasteiger partial charge < -0.3 is 14.0 Å². The molecule has 0 amide bonds. The maximum atomic E-state index is 11.9. The molecule has 0 heterocycles. The van der Waals surface area contributed by atoms with Gasteiger partial charge in [-0.25, -0.2) is 0 Å². The third-order valence-electron chi connectivity index (χ3n) is 2.68. The second kappa shape index (κ2) is 8.21. The zero-order valence-corrected chi connectivity index (χ0v) is 12.4. The maximum Gasteiger partial charge on any atom is 0.327 e. The first kappa shape index (κ1) is 16.1. The van der Waals surface area contributed by atoms with Crippen LogP contribution in [0.4, 0.5) is 0 Å². The molecule has 0 spiro atoms. The number of ether oxygens (including phenoxy) is 2. The molecule has 1 unspecified atom stereocenters. The van der Waals surface area contributed by atoms with Crippen LogP contribution in [-0.2, 0) is 9.59 Å². The smallest absolute Gasteiger partial charge is 0.327 e. The van der Waals surface area contributed by atoms with Crippen molar-refractivity contribution in [2.24, 2.45) is 0 Å². The van der Waals surface area contributed by atoms with Gasteiger partial charge in [0.15, 0.2) is 0 Å². The summed E-state index contributed by atoms with van der Waals surface area (Å²) >= 11 is 0.261. The van der Waals surface area contributed by atoms with E-state index in [9.17, 15) is 14.1 Å². The van der Waals surface area contributed by atoms with Crippen molar-refractivity contribution in [1.29, 1.82) is 0 Å². The zero-order valence-electron chi connectivity index (χ0n) is 11.5. The SMILES string of the molecule is O=C(CC(SO)C(=O)Oc1ccccc1)Oc1ccccc1. The van der Waals surface area contributed by atoms with Crippen molar-refractivity contribution < 1.29 is 23.6 Å². The summed E-state index contributed by atoms with van der Waals surface area (Å²) in [6.07, 6.45) is -0.290. The summed E-state index contributed by atoms with van der Waals surface area (Å²) in [4.78, 5) is 23.7. The van der Waals surface area contributed by atoms with Crippen molar-refractivity contribution in [2.75, 3.05) is 0 Å². The number of carbonyl (C=O) groups excluding carboxylic acids is 2. The molecular weight excluding hydrogens is 304 g/mol. The van der Waals surface area contributed by atoms with E-state index >= 15 is 0 Å². The molecular formula is C16H14O5S. The molecule has 0 fully saturated rings. The van der Waals surface area contributed by atoms with E-state index < -0.39 is 17.2 Å². The Morgan fingerprint density at radius 1 is 0.909 bits per heavy atom. The summed E-state index contributed by atoms with van der Waals surface area (Å²) in [6, 6.07) is 16.9. The van der Waals surface area contributed by atoms with E-state index in [1.807, 2.05) is 0 Å². The van der Waals surface area contributed by atoms with Gasteiger partial charge in [0.1, 0.15) is 16.7 Å². The first-order chi connectivity index (χ1) is 10.7. The first-order valence-corrected chi connectivity index (χ1v) is 7.35. The molecule has 0 radical (unpaired) electrons. The van der Waals surface area contributed by atoms with Crippen LogP contribution >= 0.6 is 12.0 Å². The lowest BCUT2D eigenvalue weighted by Gasteiger charge is -2.12. The lowest BCUT2D eigenvalue weighted by atomic mass is 10.3. The summed E-state index contributed by atoms with van der Waals surface area (Å²) in [6.45, 7) is 0. The molecule has 0 aliphatic carbocycles. The van der Waals surface area contributed by atoms with E-state index in [-0.39, 0.29) is 18.5 Å². The summed E-state index contributed by atoms with van der Waals surface area (Å²) in [7, 11) is 0. The molecule has 0 aromatic heterocycles. The minimum atomic E-state index is -1.04. The van der Waals surface area contributed by atoms with E-state index in [0.717, 1.165) is 0 Å². The largest absolute Gasteiger partial charge is 0.426 e. The molecule has 1 atom stereocenters. The highest BCUT2D eigenvalue weighted by atomic mass is 32.2. The Balaban J connectivity index is 1.91. The van der Waals surface area contributed by atoms with Crippen LogP contribution in [0, 0.1) is 0 Å². The number of benzene rings is 2. The Hall–Kier alpha value is -2.31. The van der Waals surface area contributed by atoms with Gasteiger partial charge in [-0.3, -0.25) is 9.59 Å². The molecule has 6 heteroatoms. The van der Waals surface area contributed by atoms with E-state index in [4.69, 9.17) is 9.47 Å². The lowest BCUT2D eigenvalue weighted by molar-refractivity contribution is -0.140. The van der Waals surface area contributed by atoms with Crippen LogP contribution in [-0.4, -0.2) is 21.7 Å². The van der Waals surface area contributed by atoms with Gasteiger partial charge in [-0.05, 0) is 24.3 Å². The fourth-order valence-corrected chi connectivity index (χ4v) is 1.99. The van der Waals surface area contributed by atoms with Gasteiger partial charge >= 0.3 is 11.9 Å². The summed E-state index contributed by atoms with van der Waals surface area (Å²) in [5.41, 5.74) is 0. The van der Waals surface area contributed by atoms with Crippen molar-refractivity contribution in [3.63, 3.8) is 0 Å². The molecule has 0 saturated carbocycles. The van der Waals surface area contributed by atoms with Crippen LogP contribution in [0.25, 0.3) is 0 Å². The molecule has 1 N–H and O–H groups in total. The highest BCUT2D eigenvalue weighted by Crippen LogP contribution is 2.18. The molecule has 2 rings (SSSR count). The topological polar surface area (TPSA) is 72.8 Å². The van der Waals surface area contributed by atoms with Gasteiger partial charge in [-0.2, -0.15) is 0 Å². The van der Waals surface area contributed by atoms with Gasteiger partial charge in [0, 0.05) is 12.0 Å². The zero-order chi connectivity index (χ0) is 15.8. The van der Waals surface area contributed by atoms with Crippen molar-refractivity contribution in [3.8, 4) is 11.5 Å². The number of hydrogen-bond donors (Lipinski definition) is 1. The predicted molar refractivity (Wildman–Crippen MR) is 82.8 cm³/mol. The normalized spacial score (nSPS) is 11.5. The van der Waals surface area contributed by atoms with Crippen molar-refractivity contribution >= 4 is 24.0 Å². The Kier molecular flexibility index (Phi) is 6.00. The number of esters is 2. The van der Waals surface area contributed by atoms with E-state index in [1.54, 1.807) is 60.7 Å². The Morgan fingerprint density at radius 2 is 1.41 bits per heavy atom. The van der Waals surface area contributed by atoms with Crippen molar-refractivity contribution in [2.45, 2.75) is 11.7 Å². The minimum absolute atomic E-state index is 0.261. The third kappa shape index (κ3) is 4.91. The second-order valence-corrected chi connectivity index (χ2v) is 5.10. The number of carbonyl (C=O) groups is 2. The summed E-state index contributed by atoms with van der Waals surface area (Å²) in [5.74, 6) is -0.597. The van der Waals surface area contributed by atoms with Gasteiger partial charge in [-0.15, -0.1) is 0 Å². The van der Waals surface area contributed by atoms with Crippen LogP contribution in [0.1, 0.15) is 6.42 Å². The van der Waals surface area contributed by atoms with E-state index in [1.165, 1.54) is 0 Å². The van der Waals surface area contributed by atoms with Crippen LogP contribution in [0.5, 0.6) is 11.5 Å². The lowest BCUT2D eigenvalue weighted by Crippen LogP contribution is -2.27. The van der Waals surface area contributed by atoms with Gasteiger partial charge in [-0.1, -0.05) is 36.4 Å². The molecule has 2 aromatic rings. The monoisotopic (exact) mass is 318 g/mol. The van der Waals surface area contributed by atoms with Crippen LogP contribution < -0.4 is 9.47 Å². The van der Waals surface area contributed by atoms with Crippen LogP contribution in [0.15, 0.2) is 60.7 Å². The summed E-state index contributed by atoms with van der Waals surface area (Å²) < 4.78 is 19.4. The minimum Gasteiger partial charge on any atom is -0.426 e. The van der Waals surface area contributed by atoms with Crippen LogP contribution in [0.2, 0.25) is 0 Å². The molecule has 22 heavy (non-hydrogen) atoms. The molecule has 0 aliphatic rings. The Morgan fingerprint density at radius 3 is 1.91 bits per heavy atom. The standard InChI is InChI=1S/C16H14O5S/c17-15(20-12-7-3-1-4-8-12)11-14(22-19)16(18)21-13-9-5-2-6-10-13/h1-10,14,19H,11H2. The van der Waals surface area contributed by atoms with E-state index in [2.05, 4.69) is 0 Å². The molecule has 114 valence electrons. The highest BCUT2D eigenvalue weighted by Gasteiger charge is 2.25. The average Bonchev–Trinajstić information content (AvgIpc) is 2.54. The maximum absolute atomic E-state index is 11.9. The van der Waals surface area contributed by atoms with E-state index in [0.29, 0.717) is 11.5 Å². The molecule has 5 nitrogen and oxygen atoms in total. The molecule has 2 aromatic carbocycles. The van der Waals surface area contributed by atoms with Crippen molar-refractivity contribution in [3.05, 3.63) is 60.7 Å². The highest BCUT2D eigenvalue weighted by molar-refractivity contribution is 7.95. The Bertz CT molecular complexity index is 615. The quantitative estimate of drug-likeness (QED) is 0.501. The van der Waals surface area contributed by atoms with Gasteiger partial charge in [0.05, 0.1) is 6.42 Å². The molecule has 0 saturated heterocycles. The fourth-order valence-electron chi connectivity index (χ4n) is 1.65. The number of rotatable bonds is 6. The van der Waals surface area contributed by atoms with Crippen molar-refractivity contribution in [1.82, 2.24) is 0 Å². The second-order valence-electron chi connectivity index (χ2n) is 4.32. The third-order valence-corrected chi connectivity index (χ3v) is 3.29. The van der Waals surface area contributed by atoms with Gasteiger partial charge in [0.2, 0.25) is 0 Å². The fraction of sp³-hybridized carbons (Fsp3) is 0.125. The first-order valence-electron chi connectivity index (χ1n) is 6.51. The number of hydrogen-bond acceptors (Lipinski definition) is 6. The van der Waals surface area contributed by atoms with Gasteiger partial charge in [0.25, 0.3) is 0 Å².